The third-order valence-electron chi connectivity index (χ3n) is 3.31. The zero-order chi connectivity index (χ0) is 18.6. The highest BCUT2D eigenvalue weighted by Crippen LogP contribution is 2.36. The van der Waals surface area contributed by atoms with Gasteiger partial charge in [0, 0.05) is 25.7 Å². The van der Waals surface area contributed by atoms with Crippen molar-refractivity contribution >= 4 is 40.4 Å². The van der Waals surface area contributed by atoms with Crippen molar-refractivity contribution in [3.8, 4) is 0 Å². The van der Waals surface area contributed by atoms with Crippen LogP contribution in [0.5, 0.6) is 0 Å². The van der Waals surface area contributed by atoms with Crippen LogP contribution in [0.3, 0.4) is 0 Å². The van der Waals surface area contributed by atoms with Gasteiger partial charge in [-0.1, -0.05) is 17.7 Å². The maximum absolute atomic E-state index is 13.0. The number of anilines is 1. The Labute approximate surface area is 151 Å². The van der Waals surface area contributed by atoms with Gasteiger partial charge in [-0.2, -0.15) is 13.2 Å². The Balaban J connectivity index is 2.11. The van der Waals surface area contributed by atoms with Crippen LogP contribution in [0.15, 0.2) is 35.7 Å². The second-order valence-corrected chi connectivity index (χ2v) is 6.42. The molecule has 0 aliphatic heterocycles. The van der Waals surface area contributed by atoms with Gasteiger partial charge in [-0.15, -0.1) is 11.3 Å². The molecule has 2 rings (SSSR count). The summed E-state index contributed by atoms with van der Waals surface area (Å²) in [6.45, 7) is 1.37. The van der Waals surface area contributed by atoms with E-state index in [9.17, 15) is 22.8 Å². The molecule has 25 heavy (non-hydrogen) atoms. The predicted octanol–water partition coefficient (Wildman–Crippen LogP) is 4.20. The molecule has 0 aliphatic rings. The number of nitrogens with one attached hydrogen (secondary N) is 1. The summed E-state index contributed by atoms with van der Waals surface area (Å²) in [5.41, 5.74) is -0.949. The lowest BCUT2D eigenvalue weighted by Crippen LogP contribution is -2.37. The molecule has 1 N–H and O–H groups in total. The molecule has 2 aromatic rings. The van der Waals surface area contributed by atoms with Crippen LogP contribution in [0, 0.1) is 0 Å². The van der Waals surface area contributed by atoms with Crippen LogP contribution in [-0.2, 0) is 11.0 Å². The minimum Gasteiger partial charge on any atom is -0.350 e. The number of hydrogen-bond acceptors (Lipinski definition) is 3. The summed E-state index contributed by atoms with van der Waals surface area (Å²) in [5, 5.41) is 3.94. The molecule has 1 aromatic heterocycles. The van der Waals surface area contributed by atoms with Crippen molar-refractivity contribution in [3.05, 3.63) is 51.2 Å². The van der Waals surface area contributed by atoms with Gasteiger partial charge >= 0.3 is 6.18 Å². The number of alkyl halides is 3. The van der Waals surface area contributed by atoms with Gasteiger partial charge in [0.1, 0.15) is 0 Å². The molecule has 0 spiro atoms. The van der Waals surface area contributed by atoms with Crippen molar-refractivity contribution in [2.24, 2.45) is 0 Å². The molecule has 0 radical (unpaired) electrons. The molecule has 134 valence electrons. The zero-order valence-electron chi connectivity index (χ0n) is 13.1. The molecule has 1 heterocycles. The summed E-state index contributed by atoms with van der Waals surface area (Å²) in [6, 6.07) is 6.64. The lowest BCUT2D eigenvalue weighted by molar-refractivity contribution is -0.137. The van der Waals surface area contributed by atoms with E-state index in [4.69, 9.17) is 11.6 Å². The largest absolute Gasteiger partial charge is 0.417 e. The normalized spacial score (nSPS) is 11.2. The summed E-state index contributed by atoms with van der Waals surface area (Å²) in [5.74, 6) is -0.744. The predicted molar refractivity (Wildman–Crippen MR) is 91.1 cm³/mol. The molecule has 4 nitrogen and oxygen atoms in total. The molecule has 2 amide bonds. The monoisotopic (exact) mass is 390 g/mol. The summed E-state index contributed by atoms with van der Waals surface area (Å²) < 4.78 is 38.9. The first-order chi connectivity index (χ1) is 11.7. The fourth-order valence-corrected chi connectivity index (χ4v) is 3.01. The Morgan fingerprint density at radius 3 is 2.56 bits per heavy atom. The van der Waals surface area contributed by atoms with Crippen LogP contribution in [0.2, 0.25) is 5.02 Å². The summed E-state index contributed by atoms with van der Waals surface area (Å²) in [6.07, 6.45) is -4.62. The topological polar surface area (TPSA) is 49.4 Å². The Bertz CT molecular complexity index is 763. The number of nitrogens with zero attached hydrogens (tertiary/aromatic N) is 1. The molecule has 0 saturated heterocycles. The highest BCUT2D eigenvalue weighted by Gasteiger charge is 2.34. The molecule has 1 aromatic carbocycles. The number of halogens is 4. The van der Waals surface area contributed by atoms with Crippen LogP contribution >= 0.6 is 22.9 Å². The maximum atomic E-state index is 13.0. The number of amides is 2. The summed E-state index contributed by atoms with van der Waals surface area (Å²) in [7, 11) is 0. The van der Waals surface area contributed by atoms with Gasteiger partial charge in [-0.05, 0) is 29.6 Å². The smallest absolute Gasteiger partial charge is 0.350 e. The molecular weight excluding hydrogens is 377 g/mol. The first kappa shape index (κ1) is 19.3. The van der Waals surface area contributed by atoms with Crippen molar-refractivity contribution < 1.29 is 22.8 Å². The van der Waals surface area contributed by atoms with Gasteiger partial charge in [0.25, 0.3) is 5.91 Å². The number of benzene rings is 1. The number of rotatable bonds is 5. The average Bonchev–Trinajstić information content (AvgIpc) is 3.05. The Kier molecular flexibility index (Phi) is 6.07. The van der Waals surface area contributed by atoms with Crippen molar-refractivity contribution in [1.82, 2.24) is 5.32 Å². The molecule has 0 atom stereocenters. The van der Waals surface area contributed by atoms with Gasteiger partial charge in [0.2, 0.25) is 5.91 Å². The standard InChI is InChI=1S/C16H14ClF3N2O2S/c1-10(23)22(7-6-21-15(24)14-3-2-8-25-14)11-4-5-13(17)12(9-11)16(18,19)20/h2-5,8-9H,6-7H2,1H3,(H,21,24). The number of hydrogen-bond donors (Lipinski definition) is 1. The maximum Gasteiger partial charge on any atom is 0.417 e. The highest BCUT2D eigenvalue weighted by atomic mass is 35.5. The lowest BCUT2D eigenvalue weighted by Gasteiger charge is -2.23. The Morgan fingerprint density at radius 2 is 2.00 bits per heavy atom. The van der Waals surface area contributed by atoms with Gasteiger partial charge < -0.3 is 10.2 Å². The molecular formula is C16H14ClF3N2O2S. The molecule has 9 heteroatoms. The molecule has 0 fully saturated rings. The van der Waals surface area contributed by atoms with Crippen molar-refractivity contribution in [2.45, 2.75) is 13.1 Å². The van der Waals surface area contributed by atoms with Crippen molar-refractivity contribution in [2.75, 3.05) is 18.0 Å². The summed E-state index contributed by atoms with van der Waals surface area (Å²) >= 11 is 6.86. The van der Waals surface area contributed by atoms with Gasteiger partial charge in [0.15, 0.2) is 0 Å². The van der Waals surface area contributed by atoms with E-state index >= 15 is 0 Å². The minimum atomic E-state index is -4.62. The van der Waals surface area contributed by atoms with Gasteiger partial charge in [-0.3, -0.25) is 9.59 Å². The second kappa shape index (κ2) is 7.88. The number of carbonyl (C=O) groups excluding carboxylic acids is 2. The van der Waals surface area contributed by atoms with E-state index in [0.29, 0.717) is 4.88 Å². The SMILES string of the molecule is CC(=O)N(CCNC(=O)c1cccs1)c1ccc(Cl)c(C(F)(F)F)c1. The van der Waals surface area contributed by atoms with Crippen LogP contribution in [0.4, 0.5) is 18.9 Å². The van der Waals surface area contributed by atoms with E-state index in [1.54, 1.807) is 17.5 Å². The zero-order valence-corrected chi connectivity index (χ0v) is 14.6. The fraction of sp³-hybridized carbons (Fsp3) is 0.250. The fourth-order valence-electron chi connectivity index (χ4n) is 2.14. The second-order valence-electron chi connectivity index (χ2n) is 5.07. The van der Waals surface area contributed by atoms with E-state index in [0.717, 1.165) is 17.0 Å². The molecule has 0 unspecified atom stereocenters. The van der Waals surface area contributed by atoms with Crippen molar-refractivity contribution in [3.63, 3.8) is 0 Å². The highest BCUT2D eigenvalue weighted by molar-refractivity contribution is 7.12. The van der Waals surface area contributed by atoms with E-state index in [2.05, 4.69) is 5.32 Å². The molecule has 0 aliphatic carbocycles. The molecule has 0 saturated carbocycles. The number of thiophene rings is 1. The van der Waals surface area contributed by atoms with Crippen LogP contribution in [0.1, 0.15) is 22.2 Å². The molecule has 0 bridgehead atoms. The Hall–Kier alpha value is -2.06. The van der Waals surface area contributed by atoms with E-state index in [-0.39, 0.29) is 24.7 Å². The van der Waals surface area contributed by atoms with Crippen molar-refractivity contribution in [1.29, 1.82) is 0 Å². The van der Waals surface area contributed by atoms with Crippen LogP contribution < -0.4 is 10.2 Å². The van der Waals surface area contributed by atoms with Crippen LogP contribution in [0.25, 0.3) is 0 Å². The van der Waals surface area contributed by atoms with E-state index in [1.807, 2.05) is 0 Å². The van der Waals surface area contributed by atoms with Crippen LogP contribution in [-0.4, -0.2) is 24.9 Å². The van der Waals surface area contributed by atoms with E-state index < -0.39 is 22.7 Å². The minimum absolute atomic E-state index is 0.0331. The first-order valence-corrected chi connectivity index (χ1v) is 8.42. The third kappa shape index (κ3) is 4.96. The third-order valence-corrected chi connectivity index (χ3v) is 4.51. The Morgan fingerprint density at radius 1 is 1.28 bits per heavy atom. The summed E-state index contributed by atoms with van der Waals surface area (Å²) in [4.78, 5) is 25.3. The quantitative estimate of drug-likeness (QED) is 0.831. The average molecular weight is 391 g/mol. The first-order valence-electron chi connectivity index (χ1n) is 7.16. The lowest BCUT2D eigenvalue weighted by atomic mass is 10.1. The van der Waals surface area contributed by atoms with E-state index in [1.165, 1.54) is 24.3 Å². The van der Waals surface area contributed by atoms with Gasteiger partial charge in [-0.25, -0.2) is 0 Å². The number of carbonyl (C=O) groups is 2. The van der Waals surface area contributed by atoms with Gasteiger partial charge in [0.05, 0.1) is 15.5 Å².